The number of halogens is 1. The number of likely N-dealkylation sites (tertiary alicyclic amines) is 1. The van der Waals surface area contributed by atoms with Crippen molar-refractivity contribution >= 4 is 28.2 Å². The lowest BCUT2D eigenvalue weighted by Gasteiger charge is -2.30. The van der Waals surface area contributed by atoms with Crippen LogP contribution in [0.3, 0.4) is 0 Å². The van der Waals surface area contributed by atoms with Gasteiger partial charge in [0.05, 0.1) is 11.0 Å². The van der Waals surface area contributed by atoms with E-state index in [1.54, 1.807) is 4.90 Å². The highest BCUT2D eigenvalue weighted by Gasteiger charge is 2.30. The van der Waals surface area contributed by atoms with Crippen LogP contribution in [0.4, 0.5) is 0 Å². The van der Waals surface area contributed by atoms with Crippen LogP contribution in [-0.2, 0) is 14.6 Å². The fourth-order valence-electron chi connectivity index (χ4n) is 3.04. The van der Waals surface area contributed by atoms with Gasteiger partial charge in [-0.2, -0.15) is 0 Å². The van der Waals surface area contributed by atoms with Gasteiger partial charge >= 0.3 is 0 Å². The van der Waals surface area contributed by atoms with Gasteiger partial charge in [-0.15, -0.1) is 12.4 Å². The Morgan fingerprint density at radius 1 is 1.15 bits per heavy atom. The number of sulfone groups is 1. The molecule has 1 saturated carbocycles. The van der Waals surface area contributed by atoms with Gasteiger partial charge in [0, 0.05) is 25.6 Å². The molecule has 2 rings (SSSR count). The van der Waals surface area contributed by atoms with Gasteiger partial charge in [-0.1, -0.05) is 12.8 Å². The monoisotopic (exact) mass is 324 g/mol. The third-order valence-corrected chi connectivity index (χ3v) is 6.48. The second kappa shape index (κ2) is 7.61. The van der Waals surface area contributed by atoms with Crippen molar-refractivity contribution in [1.82, 2.24) is 4.90 Å². The molecule has 1 unspecified atom stereocenters. The second-order valence-electron chi connectivity index (χ2n) is 5.77. The second-order valence-corrected chi connectivity index (χ2v) is 8.17. The average molecular weight is 325 g/mol. The first kappa shape index (κ1) is 17.7. The van der Waals surface area contributed by atoms with Crippen molar-refractivity contribution in [2.75, 3.05) is 18.8 Å². The van der Waals surface area contributed by atoms with E-state index >= 15 is 0 Å². The Hall–Kier alpha value is -0.330. The SMILES string of the molecule is Cl.NC1CCCN(C(=O)CCS(=O)(=O)C2CCCC2)C1. The summed E-state index contributed by atoms with van der Waals surface area (Å²) < 4.78 is 24.2. The first-order chi connectivity index (χ1) is 8.99. The molecule has 0 radical (unpaired) electrons. The van der Waals surface area contributed by atoms with Crippen molar-refractivity contribution in [2.45, 2.75) is 56.2 Å². The minimum Gasteiger partial charge on any atom is -0.341 e. The lowest BCUT2D eigenvalue weighted by atomic mass is 10.1. The van der Waals surface area contributed by atoms with E-state index in [0.717, 1.165) is 45.1 Å². The number of carbonyl (C=O) groups excluding carboxylic acids is 1. The highest BCUT2D eigenvalue weighted by Crippen LogP contribution is 2.25. The smallest absolute Gasteiger partial charge is 0.223 e. The van der Waals surface area contributed by atoms with Crippen molar-refractivity contribution in [3.05, 3.63) is 0 Å². The summed E-state index contributed by atoms with van der Waals surface area (Å²) in [7, 11) is -3.09. The predicted octanol–water partition coefficient (Wildman–Crippen LogP) is 1.11. The molecule has 20 heavy (non-hydrogen) atoms. The van der Waals surface area contributed by atoms with Crippen molar-refractivity contribution in [1.29, 1.82) is 0 Å². The fourth-order valence-corrected chi connectivity index (χ4v) is 4.88. The highest BCUT2D eigenvalue weighted by atomic mass is 35.5. The van der Waals surface area contributed by atoms with Gasteiger partial charge in [0.1, 0.15) is 0 Å². The van der Waals surface area contributed by atoms with Crippen LogP contribution in [0, 0.1) is 0 Å². The Balaban J connectivity index is 0.00000200. The zero-order chi connectivity index (χ0) is 13.9. The molecule has 1 amide bonds. The maximum absolute atomic E-state index is 12.1. The van der Waals surface area contributed by atoms with Crippen LogP contribution in [0.5, 0.6) is 0 Å². The zero-order valence-corrected chi connectivity index (χ0v) is 13.4. The third kappa shape index (κ3) is 4.60. The van der Waals surface area contributed by atoms with Crippen LogP contribution in [0.25, 0.3) is 0 Å². The topological polar surface area (TPSA) is 80.5 Å². The Morgan fingerprint density at radius 2 is 1.80 bits per heavy atom. The molecule has 2 N–H and O–H groups in total. The molecule has 0 aromatic rings. The molecule has 0 aromatic carbocycles. The number of amides is 1. The van der Waals surface area contributed by atoms with Crippen LogP contribution in [0.15, 0.2) is 0 Å². The van der Waals surface area contributed by atoms with Gasteiger partial charge in [0.25, 0.3) is 0 Å². The third-order valence-electron chi connectivity index (χ3n) is 4.22. The summed E-state index contributed by atoms with van der Waals surface area (Å²) in [4.78, 5) is 13.7. The van der Waals surface area contributed by atoms with Crippen LogP contribution in [-0.4, -0.2) is 49.4 Å². The van der Waals surface area contributed by atoms with Crippen molar-refractivity contribution in [2.24, 2.45) is 5.73 Å². The number of nitrogens with two attached hydrogens (primary N) is 1. The zero-order valence-electron chi connectivity index (χ0n) is 11.8. The quantitative estimate of drug-likeness (QED) is 0.840. The molecule has 7 heteroatoms. The van der Waals surface area contributed by atoms with E-state index in [9.17, 15) is 13.2 Å². The number of hydrogen-bond acceptors (Lipinski definition) is 4. The molecule has 1 heterocycles. The molecule has 1 aliphatic carbocycles. The average Bonchev–Trinajstić information content (AvgIpc) is 2.90. The van der Waals surface area contributed by atoms with Crippen LogP contribution in [0.2, 0.25) is 0 Å². The Kier molecular flexibility index (Phi) is 6.75. The van der Waals surface area contributed by atoms with Gasteiger partial charge in [-0.05, 0) is 25.7 Å². The standard InChI is InChI=1S/C13H24N2O3S.ClH/c14-11-4-3-8-15(10-11)13(16)7-9-19(17,18)12-5-1-2-6-12;/h11-12H,1-10,14H2;1H. The van der Waals surface area contributed by atoms with Gasteiger partial charge < -0.3 is 10.6 Å². The van der Waals surface area contributed by atoms with E-state index in [4.69, 9.17) is 5.73 Å². The molecule has 5 nitrogen and oxygen atoms in total. The number of nitrogens with zero attached hydrogens (tertiary/aromatic N) is 1. The maximum Gasteiger partial charge on any atom is 0.223 e. The molecule has 1 aliphatic heterocycles. The lowest BCUT2D eigenvalue weighted by Crippen LogP contribution is -2.46. The van der Waals surface area contributed by atoms with Gasteiger partial charge in [0.2, 0.25) is 5.91 Å². The van der Waals surface area contributed by atoms with Crippen LogP contribution in [0.1, 0.15) is 44.9 Å². The number of piperidine rings is 1. The summed E-state index contributed by atoms with van der Waals surface area (Å²) in [5.41, 5.74) is 5.83. The molecule has 0 aromatic heterocycles. The normalized spacial score (nSPS) is 24.4. The number of carbonyl (C=O) groups is 1. The molecular weight excluding hydrogens is 300 g/mol. The summed E-state index contributed by atoms with van der Waals surface area (Å²) >= 11 is 0. The minimum absolute atomic E-state index is 0. The van der Waals surface area contributed by atoms with Crippen molar-refractivity contribution in [3.63, 3.8) is 0 Å². The Labute approximate surface area is 127 Å². The summed E-state index contributed by atoms with van der Waals surface area (Å²) in [5.74, 6) is -0.0564. The van der Waals surface area contributed by atoms with Gasteiger partial charge in [-0.25, -0.2) is 8.42 Å². The van der Waals surface area contributed by atoms with E-state index in [0.29, 0.717) is 6.54 Å². The molecule has 0 spiro atoms. The molecule has 118 valence electrons. The number of hydrogen-bond donors (Lipinski definition) is 1. The maximum atomic E-state index is 12.1. The van der Waals surface area contributed by atoms with Crippen LogP contribution < -0.4 is 5.73 Å². The molecular formula is C13H25ClN2O3S. The Morgan fingerprint density at radius 3 is 2.40 bits per heavy atom. The van der Waals surface area contributed by atoms with Gasteiger partial charge in [-0.3, -0.25) is 4.79 Å². The van der Waals surface area contributed by atoms with E-state index in [1.807, 2.05) is 0 Å². The molecule has 0 bridgehead atoms. The summed E-state index contributed by atoms with van der Waals surface area (Å²) in [6.45, 7) is 1.29. The molecule has 1 saturated heterocycles. The predicted molar refractivity (Wildman–Crippen MR) is 81.7 cm³/mol. The first-order valence-electron chi connectivity index (χ1n) is 7.24. The van der Waals surface area contributed by atoms with E-state index in [1.165, 1.54) is 0 Å². The fraction of sp³-hybridized carbons (Fsp3) is 0.923. The number of rotatable bonds is 4. The Bertz CT molecular complexity index is 421. The lowest BCUT2D eigenvalue weighted by molar-refractivity contribution is -0.131. The van der Waals surface area contributed by atoms with E-state index < -0.39 is 9.84 Å². The minimum atomic E-state index is -3.09. The summed E-state index contributed by atoms with van der Waals surface area (Å²) in [6, 6.07) is 0.0455. The molecule has 2 aliphatic rings. The largest absolute Gasteiger partial charge is 0.341 e. The van der Waals surface area contributed by atoms with Crippen molar-refractivity contribution in [3.8, 4) is 0 Å². The van der Waals surface area contributed by atoms with Gasteiger partial charge in [0.15, 0.2) is 9.84 Å². The van der Waals surface area contributed by atoms with Crippen LogP contribution >= 0.6 is 12.4 Å². The summed E-state index contributed by atoms with van der Waals surface area (Å²) in [6.07, 6.45) is 5.52. The van der Waals surface area contributed by atoms with E-state index in [-0.39, 0.29) is 41.8 Å². The highest BCUT2D eigenvalue weighted by molar-refractivity contribution is 7.92. The van der Waals surface area contributed by atoms with Crippen molar-refractivity contribution < 1.29 is 13.2 Å². The molecule has 1 atom stereocenters. The van der Waals surface area contributed by atoms with E-state index in [2.05, 4.69) is 0 Å². The summed E-state index contributed by atoms with van der Waals surface area (Å²) in [5, 5.41) is -0.205. The molecule has 2 fully saturated rings. The first-order valence-corrected chi connectivity index (χ1v) is 8.95.